The maximum atomic E-state index is 7.76. The zero-order valence-corrected chi connectivity index (χ0v) is 7.65. The van der Waals surface area contributed by atoms with Gasteiger partial charge < -0.3 is 0 Å². The van der Waals surface area contributed by atoms with E-state index in [1.54, 1.807) is 6.07 Å². The second-order valence-corrected chi connectivity index (χ2v) is 3.97. The molecule has 1 aromatic rings. The fourth-order valence-electron chi connectivity index (χ4n) is 0.937. The van der Waals surface area contributed by atoms with Gasteiger partial charge in [-0.3, -0.25) is 0 Å². The van der Waals surface area contributed by atoms with Crippen molar-refractivity contribution < 1.29 is 2.74 Å². The third kappa shape index (κ3) is 2.07. The van der Waals surface area contributed by atoms with Crippen LogP contribution in [0.15, 0.2) is 24.2 Å². The van der Waals surface area contributed by atoms with E-state index in [0.717, 1.165) is 11.1 Å². The molecule has 0 N–H and O–H groups in total. The first-order chi connectivity index (χ1) is 5.82. The molecular weight excluding hydrogens is 132 g/mol. The molecule has 0 aromatic heterocycles. The second-order valence-electron chi connectivity index (χ2n) is 3.97. The minimum atomic E-state index is -0.0428. The van der Waals surface area contributed by atoms with Gasteiger partial charge in [0, 0.05) is 0 Å². The van der Waals surface area contributed by atoms with E-state index in [1.807, 2.05) is 13.0 Å². The Morgan fingerprint density at radius 2 is 2.00 bits per heavy atom. The van der Waals surface area contributed by atoms with Crippen molar-refractivity contribution >= 4 is 0 Å². The molecule has 1 aromatic carbocycles. The molecule has 1 rings (SSSR count). The molecule has 0 radical (unpaired) electrons. The Kier molecular flexibility index (Phi) is 1.42. The third-order valence-corrected chi connectivity index (χ3v) is 1.69. The molecule has 0 saturated heterocycles. The van der Waals surface area contributed by atoms with Gasteiger partial charge in [-0.2, -0.15) is 0 Å². The van der Waals surface area contributed by atoms with Crippen LogP contribution in [0.3, 0.4) is 0 Å². The monoisotopic (exact) mass is 150 g/mol. The molecule has 0 nitrogen and oxygen atoms in total. The van der Waals surface area contributed by atoms with Crippen LogP contribution in [0, 0.1) is 6.92 Å². The van der Waals surface area contributed by atoms with Crippen molar-refractivity contribution in [1.82, 2.24) is 0 Å². The maximum absolute atomic E-state index is 7.76. The van der Waals surface area contributed by atoms with Gasteiger partial charge in [-0.05, 0) is 17.9 Å². The molecule has 60 valence electrons. The lowest BCUT2D eigenvalue weighted by atomic mass is 9.86. The number of rotatable bonds is 0. The molecule has 0 saturated carbocycles. The minimum absolute atomic E-state index is 0.0428. The first-order valence-corrected chi connectivity index (χ1v) is 3.90. The fourth-order valence-corrected chi connectivity index (χ4v) is 0.937. The zero-order chi connectivity index (χ0) is 10.2. The summed E-state index contributed by atoms with van der Waals surface area (Å²) in [6.45, 7) is 8.17. The highest BCUT2D eigenvalue weighted by Gasteiger charge is 2.12. The van der Waals surface area contributed by atoms with E-state index in [2.05, 4.69) is 20.8 Å². The van der Waals surface area contributed by atoms with Crippen molar-refractivity contribution in [2.24, 2.45) is 0 Å². The lowest BCUT2D eigenvalue weighted by Crippen LogP contribution is -2.10. The van der Waals surface area contributed by atoms with Crippen molar-refractivity contribution in [3.05, 3.63) is 35.3 Å². The van der Waals surface area contributed by atoms with E-state index >= 15 is 0 Å². The standard InChI is InChI=1S/C11H16/c1-9-6-5-7-10(8-9)11(2,3)4/h5-8H,1-4H3/i5D,7D. The number of hydrogen-bond acceptors (Lipinski definition) is 0. The highest BCUT2D eigenvalue weighted by atomic mass is 14.2. The highest BCUT2D eigenvalue weighted by molar-refractivity contribution is 5.27. The van der Waals surface area contributed by atoms with Crippen LogP contribution in [0.4, 0.5) is 0 Å². The summed E-state index contributed by atoms with van der Waals surface area (Å²) in [6.07, 6.45) is 0. The summed E-state index contributed by atoms with van der Waals surface area (Å²) in [5.74, 6) is 0. The van der Waals surface area contributed by atoms with E-state index < -0.39 is 0 Å². The molecule has 0 fully saturated rings. The van der Waals surface area contributed by atoms with Crippen LogP contribution in [-0.2, 0) is 5.41 Å². The van der Waals surface area contributed by atoms with Crippen molar-refractivity contribution in [2.75, 3.05) is 0 Å². The Morgan fingerprint density at radius 1 is 1.36 bits per heavy atom. The second kappa shape index (κ2) is 2.69. The predicted molar refractivity (Wildman–Crippen MR) is 49.9 cm³/mol. The summed E-state index contributed by atoms with van der Waals surface area (Å²) in [5.41, 5.74) is 1.97. The molecule has 11 heavy (non-hydrogen) atoms. The first-order valence-electron chi connectivity index (χ1n) is 4.90. The molecular formula is C11H16. The summed E-state index contributed by atoms with van der Waals surface area (Å²) in [6, 6.07) is 4.42. The van der Waals surface area contributed by atoms with E-state index in [9.17, 15) is 0 Å². The molecule has 0 amide bonds. The molecule has 0 bridgehead atoms. The average molecular weight is 150 g/mol. The summed E-state index contributed by atoms with van der Waals surface area (Å²) in [5, 5.41) is 0. The summed E-state index contributed by atoms with van der Waals surface area (Å²) in [7, 11) is 0. The van der Waals surface area contributed by atoms with E-state index in [1.165, 1.54) is 0 Å². The number of aryl methyl sites for hydroxylation is 1. The molecule has 0 aliphatic rings. The van der Waals surface area contributed by atoms with E-state index in [4.69, 9.17) is 2.74 Å². The molecule has 0 spiro atoms. The van der Waals surface area contributed by atoms with Gasteiger partial charge in [0.1, 0.15) is 0 Å². The smallest absolute Gasteiger partial charge is 0.0617 e. The van der Waals surface area contributed by atoms with Crippen LogP contribution in [0.5, 0.6) is 0 Å². The van der Waals surface area contributed by atoms with Crippen LogP contribution in [-0.4, -0.2) is 0 Å². The lowest BCUT2D eigenvalue weighted by molar-refractivity contribution is 0.590. The third-order valence-electron chi connectivity index (χ3n) is 1.69. The van der Waals surface area contributed by atoms with Gasteiger partial charge in [0.25, 0.3) is 0 Å². The zero-order valence-electron chi connectivity index (χ0n) is 9.65. The Bertz CT molecular complexity index is 322. The van der Waals surface area contributed by atoms with E-state index in [0.29, 0.717) is 12.1 Å². The number of hydrogen-bond donors (Lipinski definition) is 0. The molecule has 0 atom stereocenters. The van der Waals surface area contributed by atoms with Crippen LogP contribution in [0.1, 0.15) is 34.6 Å². The molecule has 0 aliphatic carbocycles. The van der Waals surface area contributed by atoms with Crippen LogP contribution < -0.4 is 0 Å². The number of benzene rings is 1. The maximum Gasteiger partial charge on any atom is 0.0626 e. The lowest BCUT2D eigenvalue weighted by Gasteiger charge is -2.19. The Morgan fingerprint density at radius 3 is 2.55 bits per heavy atom. The van der Waals surface area contributed by atoms with Crippen LogP contribution in [0.2, 0.25) is 0 Å². The normalized spacial score (nSPS) is 14.2. The summed E-state index contributed by atoms with van der Waals surface area (Å²) in [4.78, 5) is 0. The van der Waals surface area contributed by atoms with Gasteiger partial charge in [-0.25, -0.2) is 0 Å². The van der Waals surface area contributed by atoms with Crippen LogP contribution in [0.25, 0.3) is 0 Å². The van der Waals surface area contributed by atoms with Gasteiger partial charge in [0.05, 0.1) is 2.74 Å². The Labute approximate surface area is 72.1 Å². The van der Waals surface area contributed by atoms with Crippen molar-refractivity contribution in [2.45, 2.75) is 33.1 Å². The van der Waals surface area contributed by atoms with Crippen molar-refractivity contribution in [1.29, 1.82) is 0 Å². The van der Waals surface area contributed by atoms with Gasteiger partial charge in [0.2, 0.25) is 0 Å². The van der Waals surface area contributed by atoms with Crippen molar-refractivity contribution in [3.63, 3.8) is 0 Å². The largest absolute Gasteiger partial charge is 0.0626 e. The minimum Gasteiger partial charge on any atom is -0.0617 e. The summed E-state index contributed by atoms with van der Waals surface area (Å²) >= 11 is 0. The SMILES string of the molecule is [2H]c1cc(C)cc(C(C)(C)C)c1[2H]. The molecule has 0 heterocycles. The van der Waals surface area contributed by atoms with Gasteiger partial charge >= 0.3 is 0 Å². The van der Waals surface area contributed by atoms with E-state index in [-0.39, 0.29) is 5.41 Å². The molecule has 0 unspecified atom stereocenters. The van der Waals surface area contributed by atoms with Crippen molar-refractivity contribution in [3.8, 4) is 0 Å². The molecule has 0 heteroatoms. The summed E-state index contributed by atoms with van der Waals surface area (Å²) < 4.78 is 15.4. The van der Waals surface area contributed by atoms with Gasteiger partial charge in [0.15, 0.2) is 0 Å². The molecule has 0 aliphatic heterocycles. The predicted octanol–water partition coefficient (Wildman–Crippen LogP) is 3.29. The highest BCUT2D eigenvalue weighted by Crippen LogP contribution is 2.22. The Balaban J connectivity index is 3.37. The first kappa shape index (κ1) is 5.82. The van der Waals surface area contributed by atoms with Gasteiger partial charge in [-0.15, -0.1) is 0 Å². The topological polar surface area (TPSA) is 0 Å². The quantitative estimate of drug-likeness (QED) is 0.532. The van der Waals surface area contributed by atoms with Gasteiger partial charge in [-0.1, -0.05) is 50.6 Å². The fraction of sp³-hybridized carbons (Fsp3) is 0.455. The van der Waals surface area contributed by atoms with Crippen LogP contribution >= 0.6 is 0 Å². The average Bonchev–Trinajstić information content (AvgIpc) is 1.94. The Hall–Kier alpha value is -0.780.